The van der Waals surface area contributed by atoms with E-state index in [0.29, 0.717) is 6.42 Å². The molecule has 4 rings (SSSR count). The van der Waals surface area contributed by atoms with Crippen LogP contribution in [0.1, 0.15) is 42.1 Å². The number of aryl methyl sites for hydroxylation is 1. The molecule has 1 fully saturated rings. The number of aromatic nitrogens is 4. The summed E-state index contributed by atoms with van der Waals surface area (Å²) in [6.45, 7) is 2.38. The van der Waals surface area contributed by atoms with Crippen LogP contribution in [0.5, 0.6) is 0 Å². The lowest BCUT2D eigenvalue weighted by atomic mass is 9.96. The minimum absolute atomic E-state index is 0.230. The predicted octanol–water partition coefficient (Wildman–Crippen LogP) is 3.06. The van der Waals surface area contributed by atoms with Gasteiger partial charge in [0.25, 0.3) is 0 Å². The molecular weight excluding hydrogens is 350 g/mol. The number of hydrogen-bond donors (Lipinski definition) is 0. The molecule has 1 aliphatic heterocycles. The third-order valence-corrected chi connectivity index (χ3v) is 5.37. The summed E-state index contributed by atoms with van der Waals surface area (Å²) in [6, 6.07) is 8.00. The van der Waals surface area contributed by atoms with Crippen LogP contribution in [0.3, 0.4) is 0 Å². The molecule has 1 atom stereocenters. The van der Waals surface area contributed by atoms with E-state index in [4.69, 9.17) is 0 Å². The van der Waals surface area contributed by atoms with Crippen molar-refractivity contribution < 1.29 is 4.79 Å². The van der Waals surface area contributed by atoms with Gasteiger partial charge in [-0.05, 0) is 54.7 Å². The maximum absolute atomic E-state index is 12.7. The number of hydrogen-bond acceptors (Lipinski definition) is 4. The molecule has 28 heavy (non-hydrogen) atoms. The quantitative estimate of drug-likeness (QED) is 0.664. The topological polar surface area (TPSA) is 63.9 Å². The van der Waals surface area contributed by atoms with Gasteiger partial charge in [0.2, 0.25) is 5.91 Å². The summed E-state index contributed by atoms with van der Waals surface area (Å²) in [7, 11) is 0. The van der Waals surface area contributed by atoms with Gasteiger partial charge in [0, 0.05) is 69.2 Å². The summed E-state index contributed by atoms with van der Waals surface area (Å²) in [6.07, 6.45) is 14.5. The van der Waals surface area contributed by atoms with E-state index < -0.39 is 0 Å². The van der Waals surface area contributed by atoms with E-state index in [-0.39, 0.29) is 11.8 Å². The second kappa shape index (κ2) is 8.78. The molecule has 3 aromatic heterocycles. The Labute approximate surface area is 165 Å². The Balaban J connectivity index is 1.39. The monoisotopic (exact) mass is 375 g/mol. The van der Waals surface area contributed by atoms with Gasteiger partial charge in [0.05, 0.1) is 0 Å². The Morgan fingerprint density at radius 2 is 1.71 bits per heavy atom. The Morgan fingerprint density at radius 3 is 2.46 bits per heavy atom. The van der Waals surface area contributed by atoms with Crippen molar-refractivity contribution in [2.75, 3.05) is 13.1 Å². The molecule has 3 aromatic rings. The van der Waals surface area contributed by atoms with E-state index in [9.17, 15) is 4.79 Å². The number of rotatable bonds is 6. The maximum Gasteiger partial charge on any atom is 0.222 e. The van der Waals surface area contributed by atoms with Crippen molar-refractivity contribution in [1.29, 1.82) is 0 Å². The zero-order valence-corrected chi connectivity index (χ0v) is 15.9. The molecule has 0 aromatic carbocycles. The number of piperidine rings is 1. The average Bonchev–Trinajstić information content (AvgIpc) is 3.22. The molecule has 0 radical (unpaired) electrons. The number of carbonyl (C=O) groups is 1. The molecule has 0 N–H and O–H groups in total. The van der Waals surface area contributed by atoms with Gasteiger partial charge in [0.1, 0.15) is 5.82 Å². The summed E-state index contributed by atoms with van der Waals surface area (Å²) in [5.41, 5.74) is 2.36. The van der Waals surface area contributed by atoms with E-state index >= 15 is 0 Å². The van der Waals surface area contributed by atoms with Crippen LogP contribution >= 0.6 is 0 Å². The molecule has 1 aliphatic rings. The molecule has 6 heteroatoms. The second-order valence-electron chi connectivity index (χ2n) is 7.30. The van der Waals surface area contributed by atoms with Crippen LogP contribution in [0.4, 0.5) is 0 Å². The summed E-state index contributed by atoms with van der Waals surface area (Å²) >= 11 is 0. The molecule has 6 nitrogen and oxygen atoms in total. The lowest BCUT2D eigenvalue weighted by Gasteiger charge is -2.33. The van der Waals surface area contributed by atoms with Crippen molar-refractivity contribution in [2.24, 2.45) is 0 Å². The van der Waals surface area contributed by atoms with Crippen molar-refractivity contribution in [2.45, 2.75) is 38.1 Å². The zero-order chi connectivity index (χ0) is 19.2. The number of imidazole rings is 1. The fourth-order valence-electron chi connectivity index (χ4n) is 3.87. The number of nitrogens with zero attached hydrogens (tertiary/aromatic N) is 5. The van der Waals surface area contributed by atoms with E-state index in [1.54, 1.807) is 12.4 Å². The molecule has 0 aliphatic carbocycles. The number of pyridine rings is 2. The summed E-state index contributed by atoms with van der Waals surface area (Å²) in [5.74, 6) is 1.59. The number of amides is 1. The van der Waals surface area contributed by atoms with Crippen LogP contribution in [0.2, 0.25) is 0 Å². The molecule has 1 saturated heterocycles. The van der Waals surface area contributed by atoms with E-state index in [0.717, 1.165) is 50.3 Å². The second-order valence-corrected chi connectivity index (χ2v) is 7.30. The first kappa shape index (κ1) is 18.3. The first-order valence-corrected chi connectivity index (χ1v) is 9.86. The molecule has 0 saturated carbocycles. The SMILES string of the molecule is O=C(CCc1ccncc1)N1CCC[C@H](c2nccn2Cc2ccncc2)C1. The van der Waals surface area contributed by atoms with Crippen LogP contribution < -0.4 is 0 Å². The Bertz CT molecular complexity index is 894. The third kappa shape index (κ3) is 4.44. The maximum atomic E-state index is 12.7. The van der Waals surface area contributed by atoms with Gasteiger partial charge in [-0.1, -0.05) is 0 Å². The van der Waals surface area contributed by atoms with Gasteiger partial charge in [-0.3, -0.25) is 14.8 Å². The lowest BCUT2D eigenvalue weighted by molar-refractivity contribution is -0.132. The standard InChI is InChI=1S/C22H25N5O/c28-21(4-3-18-5-9-23-10-6-18)26-14-1-2-20(17-26)22-25-13-15-27(22)16-19-7-11-24-12-8-19/h5-13,15,20H,1-4,14,16-17H2/t20-/m0/s1. The van der Waals surface area contributed by atoms with E-state index in [2.05, 4.69) is 19.5 Å². The van der Waals surface area contributed by atoms with Crippen LogP contribution in [0.25, 0.3) is 0 Å². The predicted molar refractivity (Wildman–Crippen MR) is 107 cm³/mol. The first-order chi connectivity index (χ1) is 13.8. The Kier molecular flexibility index (Phi) is 5.75. The highest BCUT2D eigenvalue weighted by molar-refractivity contribution is 5.76. The highest BCUT2D eigenvalue weighted by Gasteiger charge is 2.27. The normalized spacial score (nSPS) is 16.9. The summed E-state index contributed by atoms with van der Waals surface area (Å²) in [4.78, 5) is 27.5. The van der Waals surface area contributed by atoms with Gasteiger partial charge >= 0.3 is 0 Å². The van der Waals surface area contributed by atoms with Crippen LogP contribution in [0, 0.1) is 0 Å². The van der Waals surface area contributed by atoms with Crippen LogP contribution in [-0.4, -0.2) is 43.4 Å². The number of carbonyl (C=O) groups excluding carboxylic acids is 1. The molecule has 1 amide bonds. The molecule has 0 unspecified atom stereocenters. The Hall–Kier alpha value is -3.02. The van der Waals surface area contributed by atoms with Crippen molar-refractivity contribution in [3.05, 3.63) is 78.4 Å². The smallest absolute Gasteiger partial charge is 0.222 e. The summed E-state index contributed by atoms with van der Waals surface area (Å²) in [5, 5.41) is 0. The fourth-order valence-corrected chi connectivity index (χ4v) is 3.87. The zero-order valence-electron chi connectivity index (χ0n) is 15.9. The average molecular weight is 375 g/mol. The number of likely N-dealkylation sites (tertiary alicyclic amines) is 1. The van der Waals surface area contributed by atoms with Gasteiger partial charge in [-0.15, -0.1) is 0 Å². The van der Waals surface area contributed by atoms with Gasteiger partial charge in [0.15, 0.2) is 0 Å². The molecule has 4 heterocycles. The van der Waals surface area contributed by atoms with E-state index in [1.807, 2.05) is 54.0 Å². The van der Waals surface area contributed by atoms with Crippen LogP contribution in [0.15, 0.2) is 61.4 Å². The van der Waals surface area contributed by atoms with Crippen molar-refractivity contribution in [3.8, 4) is 0 Å². The molecule has 144 valence electrons. The largest absolute Gasteiger partial charge is 0.342 e. The Morgan fingerprint density at radius 1 is 1.00 bits per heavy atom. The van der Waals surface area contributed by atoms with Crippen molar-refractivity contribution in [3.63, 3.8) is 0 Å². The third-order valence-electron chi connectivity index (χ3n) is 5.37. The summed E-state index contributed by atoms with van der Waals surface area (Å²) < 4.78 is 2.20. The van der Waals surface area contributed by atoms with Crippen molar-refractivity contribution in [1.82, 2.24) is 24.4 Å². The van der Waals surface area contributed by atoms with Crippen LogP contribution in [-0.2, 0) is 17.8 Å². The highest BCUT2D eigenvalue weighted by atomic mass is 16.2. The van der Waals surface area contributed by atoms with Crippen molar-refractivity contribution >= 4 is 5.91 Å². The minimum atomic E-state index is 0.230. The minimum Gasteiger partial charge on any atom is -0.342 e. The first-order valence-electron chi connectivity index (χ1n) is 9.86. The molecule has 0 bridgehead atoms. The fraction of sp³-hybridized carbons (Fsp3) is 0.364. The van der Waals surface area contributed by atoms with E-state index in [1.165, 1.54) is 5.56 Å². The molecular formula is C22H25N5O. The van der Waals surface area contributed by atoms with Gasteiger partial charge in [-0.2, -0.15) is 0 Å². The molecule has 0 spiro atoms. The van der Waals surface area contributed by atoms with Gasteiger partial charge in [-0.25, -0.2) is 4.98 Å². The lowest BCUT2D eigenvalue weighted by Crippen LogP contribution is -2.39. The van der Waals surface area contributed by atoms with Gasteiger partial charge < -0.3 is 9.47 Å². The highest BCUT2D eigenvalue weighted by Crippen LogP contribution is 2.27.